The van der Waals surface area contributed by atoms with E-state index < -0.39 is 6.69 Å². The van der Waals surface area contributed by atoms with E-state index in [-0.39, 0.29) is 35.3 Å². The molecule has 9 heteroatoms. The summed E-state index contributed by atoms with van der Waals surface area (Å²) in [5.41, 5.74) is 1.38. The first-order chi connectivity index (χ1) is 13.8. The summed E-state index contributed by atoms with van der Waals surface area (Å²) in [7, 11) is 3.31. The van der Waals surface area contributed by atoms with Gasteiger partial charge in [-0.2, -0.15) is 0 Å². The summed E-state index contributed by atoms with van der Waals surface area (Å²) >= 11 is 0. The van der Waals surface area contributed by atoms with E-state index in [0.29, 0.717) is 11.4 Å². The van der Waals surface area contributed by atoms with Crippen LogP contribution in [-0.4, -0.2) is 56.2 Å². The Kier molecular flexibility index (Phi) is 5.60. The lowest BCUT2D eigenvalue weighted by Crippen LogP contribution is -2.58. The molecular weight excluding hydrogens is 375 g/mol. The Labute approximate surface area is 169 Å². The molecule has 0 atom stereocenters. The number of para-hydroxylation sites is 1. The van der Waals surface area contributed by atoms with Gasteiger partial charge in [-0.25, -0.2) is 0 Å². The molecule has 2 aliphatic rings. The van der Waals surface area contributed by atoms with Gasteiger partial charge in [0.1, 0.15) is 18.8 Å². The second kappa shape index (κ2) is 7.96. The number of amides is 1. The molecule has 1 N–H and O–H groups in total. The molecule has 0 saturated carbocycles. The number of quaternary nitrogens is 1. The molecule has 2 heterocycles. The van der Waals surface area contributed by atoms with Crippen molar-refractivity contribution in [3.63, 3.8) is 0 Å². The van der Waals surface area contributed by atoms with E-state index in [9.17, 15) is 14.4 Å². The molecule has 2 saturated heterocycles. The van der Waals surface area contributed by atoms with Crippen molar-refractivity contribution in [3.8, 4) is 5.75 Å². The molecule has 0 aliphatic carbocycles. The van der Waals surface area contributed by atoms with Crippen LogP contribution in [0, 0.1) is 0 Å². The Morgan fingerprint density at radius 1 is 1.14 bits per heavy atom. The van der Waals surface area contributed by atoms with E-state index in [1.807, 2.05) is 18.2 Å². The van der Waals surface area contributed by atoms with Gasteiger partial charge in [0, 0.05) is 19.5 Å². The predicted molar refractivity (Wildman–Crippen MR) is 108 cm³/mol. The van der Waals surface area contributed by atoms with E-state index in [0.717, 1.165) is 5.56 Å². The van der Waals surface area contributed by atoms with Gasteiger partial charge in [0.15, 0.2) is 0 Å². The van der Waals surface area contributed by atoms with Gasteiger partial charge in [0.25, 0.3) is 0 Å². The summed E-state index contributed by atoms with van der Waals surface area (Å²) in [6.45, 7) is -0.500. The molecule has 2 aliphatic heterocycles. The Morgan fingerprint density at radius 3 is 2.41 bits per heavy atom. The number of benzene rings is 1. The van der Waals surface area contributed by atoms with Crippen molar-refractivity contribution in [3.05, 3.63) is 54.0 Å². The second-order valence-electron chi connectivity index (χ2n) is 7.24. The number of hydrogen-bond donors (Lipinski definition) is 1. The molecular formula is C20H23BN2O6. The third-order valence-electron chi connectivity index (χ3n) is 4.99. The monoisotopic (exact) mass is 398 g/mol. The number of rotatable bonds is 6. The number of nitrogens with one attached hydrogen (secondary N) is 1. The first-order valence-corrected chi connectivity index (χ1v) is 9.18. The van der Waals surface area contributed by atoms with Crippen LogP contribution in [0.15, 0.2) is 48.5 Å². The van der Waals surface area contributed by atoms with Gasteiger partial charge in [0.2, 0.25) is 5.91 Å². The van der Waals surface area contributed by atoms with Gasteiger partial charge in [-0.3, -0.25) is 14.4 Å². The molecule has 2 fully saturated rings. The number of methoxy groups -OCH3 is 1. The van der Waals surface area contributed by atoms with Crippen molar-refractivity contribution in [2.24, 2.45) is 0 Å². The van der Waals surface area contributed by atoms with Crippen molar-refractivity contribution in [2.75, 3.05) is 32.6 Å². The normalized spacial score (nSPS) is 26.2. The minimum atomic E-state index is -2.16. The summed E-state index contributed by atoms with van der Waals surface area (Å²) in [6, 6.07) is 5.45. The average molecular weight is 398 g/mol. The highest BCUT2D eigenvalue weighted by molar-refractivity contribution is 6.71. The van der Waals surface area contributed by atoms with Gasteiger partial charge < -0.3 is 23.8 Å². The molecule has 0 radical (unpaired) electrons. The third-order valence-corrected chi connectivity index (χ3v) is 4.99. The van der Waals surface area contributed by atoms with Crippen LogP contribution in [0.2, 0.25) is 0 Å². The first kappa shape index (κ1) is 20.4. The van der Waals surface area contributed by atoms with Gasteiger partial charge in [-0.05, 0) is 6.07 Å². The van der Waals surface area contributed by atoms with Crippen LogP contribution in [-0.2, 0) is 23.7 Å². The summed E-state index contributed by atoms with van der Waals surface area (Å²) in [5.74, 6) is 1.25. The quantitative estimate of drug-likeness (QED) is 0.581. The van der Waals surface area contributed by atoms with Crippen LogP contribution in [0.5, 0.6) is 5.75 Å². The molecule has 0 unspecified atom stereocenters. The van der Waals surface area contributed by atoms with E-state index in [4.69, 9.17) is 14.0 Å². The fraction of sp³-hybridized carbons (Fsp3) is 0.250. The van der Waals surface area contributed by atoms with Crippen LogP contribution in [0.4, 0.5) is 5.69 Å². The Bertz CT molecular complexity index is 917. The third kappa shape index (κ3) is 4.09. The number of fused-ring (bicyclic) bond motifs is 1. The number of carbonyl (C=O) groups excluding carboxylic acids is 3. The van der Waals surface area contributed by atoms with Crippen LogP contribution in [0.3, 0.4) is 0 Å². The van der Waals surface area contributed by atoms with Crippen LogP contribution in [0.25, 0.3) is 6.08 Å². The maximum Gasteiger partial charge on any atom is 0.607 e. The number of allylic oxidation sites excluding steroid dienone is 4. The minimum Gasteiger partial charge on any atom is -0.596 e. The van der Waals surface area contributed by atoms with Crippen molar-refractivity contribution in [1.82, 2.24) is 0 Å². The van der Waals surface area contributed by atoms with Crippen LogP contribution in [0.1, 0.15) is 12.5 Å². The summed E-state index contributed by atoms with van der Waals surface area (Å²) < 4.78 is 16.1. The van der Waals surface area contributed by atoms with Gasteiger partial charge in [0.05, 0.1) is 12.8 Å². The highest BCUT2D eigenvalue weighted by atomic mass is 16.7. The SMILES string of the molecule is COc1cccc(/C=C/C=C/C=C/[B-]23OC(=O)C[N+]2(C)CC(=O)O3)c1NC(C)=O. The molecule has 1 amide bonds. The van der Waals surface area contributed by atoms with Crippen molar-refractivity contribution >= 4 is 36.3 Å². The predicted octanol–water partition coefficient (Wildman–Crippen LogP) is 1.82. The van der Waals surface area contributed by atoms with Crippen molar-refractivity contribution in [2.45, 2.75) is 6.92 Å². The van der Waals surface area contributed by atoms with E-state index in [2.05, 4.69) is 5.32 Å². The zero-order valence-corrected chi connectivity index (χ0v) is 16.6. The highest BCUT2D eigenvalue weighted by Gasteiger charge is 2.63. The lowest BCUT2D eigenvalue weighted by atomic mass is 9.68. The van der Waals surface area contributed by atoms with E-state index in [1.165, 1.54) is 14.0 Å². The standard InChI is InChI=1S/C20H23BN2O6/c1-15(24)22-20-16(10-8-11-17(20)27-3)9-6-4-5-7-12-21-23(2,13-18(25)28-21)14-19(26)29-21/h4-12H,13-14H2,1-3H3,(H,22,24)/b5-4+,9-6+,12-7+. The topological polar surface area (TPSA) is 90.9 Å². The van der Waals surface area contributed by atoms with Crippen LogP contribution >= 0.6 is 0 Å². The largest absolute Gasteiger partial charge is 0.607 e. The molecule has 1 aromatic carbocycles. The number of likely N-dealkylation sites (N-methyl/N-ethyl adjacent to an activating group) is 1. The van der Waals surface area contributed by atoms with Crippen molar-refractivity contribution < 1.29 is 32.8 Å². The van der Waals surface area contributed by atoms with Gasteiger partial charge in [-0.15, -0.1) is 0 Å². The Morgan fingerprint density at radius 2 is 1.79 bits per heavy atom. The summed E-state index contributed by atoms with van der Waals surface area (Å²) in [4.78, 5) is 34.9. The molecule has 3 rings (SSSR count). The second-order valence-corrected chi connectivity index (χ2v) is 7.24. The number of anilines is 1. The lowest BCUT2D eigenvalue weighted by molar-refractivity contribution is -0.791. The number of carbonyl (C=O) groups is 3. The lowest BCUT2D eigenvalue weighted by Gasteiger charge is -2.37. The smallest absolute Gasteiger partial charge is 0.596 e. The maximum absolute atomic E-state index is 11.7. The van der Waals surface area contributed by atoms with E-state index >= 15 is 0 Å². The molecule has 0 bridgehead atoms. The molecule has 8 nitrogen and oxygen atoms in total. The number of nitrogens with zero attached hydrogens (tertiary/aromatic N) is 1. The minimum absolute atomic E-state index is 0.113. The summed E-state index contributed by atoms with van der Waals surface area (Å²) in [6.07, 6.45) is 8.84. The zero-order chi connectivity index (χ0) is 21.1. The molecule has 1 aromatic rings. The van der Waals surface area contributed by atoms with E-state index in [1.54, 1.807) is 43.4 Å². The fourth-order valence-electron chi connectivity index (χ4n) is 3.58. The first-order valence-electron chi connectivity index (χ1n) is 9.18. The Balaban J connectivity index is 1.72. The highest BCUT2D eigenvalue weighted by Crippen LogP contribution is 2.34. The molecule has 29 heavy (non-hydrogen) atoms. The van der Waals surface area contributed by atoms with Crippen LogP contribution < -0.4 is 10.1 Å². The maximum atomic E-state index is 11.7. The molecule has 0 spiro atoms. The molecule has 152 valence electrons. The molecule has 0 aromatic heterocycles. The van der Waals surface area contributed by atoms with Gasteiger partial charge in [-0.1, -0.05) is 48.5 Å². The van der Waals surface area contributed by atoms with Gasteiger partial charge >= 0.3 is 18.6 Å². The van der Waals surface area contributed by atoms with Crippen molar-refractivity contribution in [1.29, 1.82) is 0 Å². The number of ether oxygens (including phenoxy) is 1. The summed E-state index contributed by atoms with van der Waals surface area (Å²) in [5, 5.41) is 2.77. The Hall–Kier alpha value is -3.33. The number of hydrogen-bond acceptors (Lipinski definition) is 6. The zero-order valence-electron chi connectivity index (χ0n) is 16.6. The fourth-order valence-corrected chi connectivity index (χ4v) is 3.58. The average Bonchev–Trinajstić information content (AvgIpc) is 3.01.